The number of rotatable bonds is 8. The zero-order valence-corrected chi connectivity index (χ0v) is 36.5. The maximum Gasteiger partial charge on any atom is 0.0541 e. The van der Waals surface area contributed by atoms with Crippen LogP contribution in [0.3, 0.4) is 0 Å². The third-order valence-electron chi connectivity index (χ3n) is 13.6. The molecule has 65 heavy (non-hydrogen) atoms. The van der Waals surface area contributed by atoms with E-state index in [2.05, 4.69) is 266 Å². The molecule has 0 atom stereocenters. The van der Waals surface area contributed by atoms with Gasteiger partial charge in [-0.3, -0.25) is 0 Å². The summed E-state index contributed by atoms with van der Waals surface area (Å²) >= 11 is 0. The molecule has 1 aliphatic carbocycles. The highest BCUT2D eigenvalue weighted by atomic mass is 15.1. The van der Waals surface area contributed by atoms with Gasteiger partial charge < -0.3 is 9.47 Å². The van der Waals surface area contributed by atoms with Gasteiger partial charge in [0.1, 0.15) is 0 Å². The molecule has 0 saturated heterocycles. The van der Waals surface area contributed by atoms with Gasteiger partial charge in [0, 0.05) is 38.8 Å². The first-order valence-corrected chi connectivity index (χ1v) is 22.6. The van der Waals surface area contributed by atoms with E-state index in [1.807, 2.05) is 0 Å². The number of hydrogen-bond donors (Lipinski definition) is 0. The third-order valence-corrected chi connectivity index (χ3v) is 13.6. The van der Waals surface area contributed by atoms with Crippen molar-refractivity contribution in [1.29, 1.82) is 0 Å². The summed E-state index contributed by atoms with van der Waals surface area (Å²) < 4.78 is 2.41. The van der Waals surface area contributed by atoms with Gasteiger partial charge in [0.05, 0.1) is 16.7 Å². The Labute approximate surface area is 381 Å². The van der Waals surface area contributed by atoms with Gasteiger partial charge in [0.2, 0.25) is 0 Å². The van der Waals surface area contributed by atoms with Crippen LogP contribution in [0, 0.1) is 0 Å². The molecule has 2 heteroatoms. The molecule has 1 aromatic heterocycles. The molecule has 0 amide bonds. The van der Waals surface area contributed by atoms with Crippen molar-refractivity contribution in [3.8, 4) is 61.3 Å². The Kier molecular flexibility index (Phi) is 9.21. The average Bonchev–Trinajstić information content (AvgIpc) is 3.83. The molecule has 0 fully saturated rings. The van der Waals surface area contributed by atoms with Crippen LogP contribution >= 0.6 is 0 Å². The first-order chi connectivity index (χ1) is 32.0. The first-order valence-electron chi connectivity index (χ1n) is 22.6. The SMILES string of the molecule is CC1(C)c2ccccc2-c2cccc(-c3ccc(N(c4ccc(-c5ccccc5)cc4)c4ccc(-c5ccc(-c6ccccc6-n6c7ccccc7c7ccccc76)cc5)cc4)cc3)c21. The highest BCUT2D eigenvalue weighted by Gasteiger charge is 2.37. The molecule has 11 aromatic rings. The van der Waals surface area contributed by atoms with Gasteiger partial charge in [0.15, 0.2) is 0 Å². The lowest BCUT2D eigenvalue weighted by Crippen LogP contribution is -2.16. The van der Waals surface area contributed by atoms with Crippen molar-refractivity contribution in [3.63, 3.8) is 0 Å². The topological polar surface area (TPSA) is 8.17 Å². The standard InChI is InChI=1S/C63H46N2/c1-63(2)58-23-10-6-18-54(58)57-22-14-21-53(62(57)63)48-35-41-51(42-36-48)64(49-37-31-45(32-38-49)43-15-4-3-5-16-43)50-39-33-46(34-40-50)44-27-29-47(30-28-44)52-17-7-11-24-59(52)65-60-25-12-8-19-55(60)56-20-9-13-26-61(56)65/h3-42H,1-2H3. The van der Waals surface area contributed by atoms with Crippen LogP contribution < -0.4 is 4.90 Å². The second-order valence-corrected chi connectivity index (χ2v) is 17.7. The number of para-hydroxylation sites is 3. The van der Waals surface area contributed by atoms with E-state index >= 15 is 0 Å². The maximum absolute atomic E-state index is 2.41. The molecular formula is C63H46N2. The van der Waals surface area contributed by atoms with E-state index in [1.54, 1.807) is 0 Å². The van der Waals surface area contributed by atoms with Crippen LogP contribution in [0.1, 0.15) is 25.0 Å². The minimum Gasteiger partial charge on any atom is -0.311 e. The van der Waals surface area contributed by atoms with Crippen molar-refractivity contribution in [2.24, 2.45) is 0 Å². The van der Waals surface area contributed by atoms with Crippen molar-refractivity contribution in [3.05, 3.63) is 254 Å². The number of aromatic nitrogens is 1. The van der Waals surface area contributed by atoms with Crippen molar-refractivity contribution < 1.29 is 0 Å². The van der Waals surface area contributed by atoms with E-state index in [1.165, 1.54) is 94.3 Å². The Morgan fingerprint density at radius 2 is 0.708 bits per heavy atom. The average molecular weight is 831 g/mol. The summed E-state index contributed by atoms with van der Waals surface area (Å²) in [5.74, 6) is 0. The lowest BCUT2D eigenvalue weighted by molar-refractivity contribution is 0.662. The third kappa shape index (κ3) is 6.49. The molecule has 1 heterocycles. The molecule has 0 radical (unpaired) electrons. The van der Waals surface area contributed by atoms with Gasteiger partial charge in [-0.15, -0.1) is 0 Å². The number of benzene rings is 10. The monoisotopic (exact) mass is 830 g/mol. The summed E-state index contributed by atoms with van der Waals surface area (Å²) in [7, 11) is 0. The largest absolute Gasteiger partial charge is 0.311 e. The normalized spacial score (nSPS) is 12.6. The highest BCUT2D eigenvalue weighted by molar-refractivity contribution is 6.09. The number of anilines is 3. The van der Waals surface area contributed by atoms with Crippen LogP contribution in [-0.2, 0) is 5.41 Å². The lowest BCUT2D eigenvalue weighted by atomic mass is 9.79. The Bertz CT molecular complexity index is 3470. The molecule has 0 spiro atoms. The fourth-order valence-electron chi connectivity index (χ4n) is 10.5. The summed E-state index contributed by atoms with van der Waals surface area (Å²) in [4.78, 5) is 2.37. The van der Waals surface area contributed by atoms with E-state index in [-0.39, 0.29) is 5.41 Å². The fourth-order valence-corrected chi connectivity index (χ4v) is 10.5. The summed E-state index contributed by atoms with van der Waals surface area (Å²) in [5, 5.41) is 2.53. The van der Waals surface area contributed by atoms with Crippen LogP contribution in [0.25, 0.3) is 83.1 Å². The maximum atomic E-state index is 2.41. The first kappa shape index (κ1) is 38.5. The Hall–Kier alpha value is -8.20. The Balaban J connectivity index is 0.883. The molecule has 308 valence electrons. The minimum atomic E-state index is -0.0895. The van der Waals surface area contributed by atoms with Gasteiger partial charge in [-0.1, -0.05) is 202 Å². The molecule has 0 saturated carbocycles. The van der Waals surface area contributed by atoms with Crippen molar-refractivity contribution in [2.75, 3.05) is 4.90 Å². The Morgan fingerprint density at radius 3 is 1.31 bits per heavy atom. The lowest BCUT2D eigenvalue weighted by Gasteiger charge is -2.27. The smallest absolute Gasteiger partial charge is 0.0541 e. The van der Waals surface area contributed by atoms with Gasteiger partial charge >= 0.3 is 0 Å². The van der Waals surface area contributed by atoms with E-state index < -0.39 is 0 Å². The van der Waals surface area contributed by atoms with Crippen molar-refractivity contribution in [2.45, 2.75) is 19.3 Å². The molecule has 12 rings (SSSR count). The molecule has 2 nitrogen and oxygen atoms in total. The molecule has 0 unspecified atom stereocenters. The van der Waals surface area contributed by atoms with E-state index in [0.29, 0.717) is 0 Å². The zero-order valence-electron chi connectivity index (χ0n) is 36.5. The second kappa shape index (κ2) is 15.6. The van der Waals surface area contributed by atoms with Gasteiger partial charge in [-0.25, -0.2) is 0 Å². The molecule has 0 N–H and O–H groups in total. The van der Waals surface area contributed by atoms with E-state index in [4.69, 9.17) is 0 Å². The van der Waals surface area contributed by atoms with Crippen LogP contribution in [0.5, 0.6) is 0 Å². The second-order valence-electron chi connectivity index (χ2n) is 17.7. The van der Waals surface area contributed by atoms with Gasteiger partial charge in [-0.05, 0) is 116 Å². The van der Waals surface area contributed by atoms with Crippen molar-refractivity contribution in [1.82, 2.24) is 4.57 Å². The van der Waals surface area contributed by atoms with Crippen LogP contribution in [0.2, 0.25) is 0 Å². The van der Waals surface area contributed by atoms with E-state index in [0.717, 1.165) is 17.1 Å². The van der Waals surface area contributed by atoms with Crippen LogP contribution in [0.15, 0.2) is 243 Å². The quantitative estimate of drug-likeness (QED) is 0.148. The van der Waals surface area contributed by atoms with Gasteiger partial charge in [0.25, 0.3) is 0 Å². The minimum absolute atomic E-state index is 0.0895. The van der Waals surface area contributed by atoms with Crippen LogP contribution in [0.4, 0.5) is 17.1 Å². The number of hydrogen-bond acceptors (Lipinski definition) is 1. The molecular weight excluding hydrogens is 785 g/mol. The van der Waals surface area contributed by atoms with E-state index in [9.17, 15) is 0 Å². The zero-order chi connectivity index (χ0) is 43.5. The summed E-state index contributed by atoms with van der Waals surface area (Å²) in [6.45, 7) is 4.73. The number of fused-ring (bicyclic) bond motifs is 6. The van der Waals surface area contributed by atoms with Crippen LogP contribution in [-0.4, -0.2) is 4.57 Å². The number of nitrogens with zero attached hydrogens (tertiary/aromatic N) is 2. The Morgan fingerprint density at radius 1 is 0.308 bits per heavy atom. The highest BCUT2D eigenvalue weighted by Crippen LogP contribution is 2.52. The molecule has 1 aliphatic rings. The summed E-state index contributed by atoms with van der Waals surface area (Å²) in [6.07, 6.45) is 0. The van der Waals surface area contributed by atoms with Gasteiger partial charge in [-0.2, -0.15) is 0 Å². The summed E-state index contributed by atoms with van der Waals surface area (Å²) in [5.41, 5.74) is 22.0. The predicted octanol–water partition coefficient (Wildman–Crippen LogP) is 17.2. The predicted molar refractivity (Wildman–Crippen MR) is 275 cm³/mol. The molecule has 0 aliphatic heterocycles. The molecule has 0 bridgehead atoms. The summed E-state index contributed by atoms with van der Waals surface area (Å²) in [6, 6.07) is 88.6. The van der Waals surface area contributed by atoms with Crippen molar-refractivity contribution >= 4 is 38.9 Å². The molecule has 10 aromatic carbocycles. The fraction of sp³-hybridized carbons (Fsp3) is 0.0476.